The van der Waals surface area contributed by atoms with Crippen molar-refractivity contribution in [1.29, 1.82) is 0 Å². The summed E-state index contributed by atoms with van der Waals surface area (Å²) in [5.74, 6) is -3.86. The summed E-state index contributed by atoms with van der Waals surface area (Å²) in [6.07, 6.45) is 0. The molecule has 1 fully saturated rings. The normalized spacial score (nSPS) is 16.3. The number of hydrogen-bond acceptors (Lipinski definition) is 12. The SMILES string of the molecule is CNC(=O)[C@@H]1NC(=O)[C@@H]1NC(=O)C(=NOCC(=O)OCc1ccc([N+](=O)[O-])cc1)c1csc(NC(=O)CCl)n1. The van der Waals surface area contributed by atoms with Gasteiger partial charge < -0.3 is 30.8 Å². The number of nitro groups is 1. The van der Waals surface area contributed by atoms with E-state index in [1.165, 1.54) is 36.7 Å². The van der Waals surface area contributed by atoms with Gasteiger partial charge in [-0.15, -0.1) is 22.9 Å². The van der Waals surface area contributed by atoms with E-state index in [0.717, 1.165) is 11.3 Å². The molecule has 1 aromatic carbocycles. The van der Waals surface area contributed by atoms with E-state index in [9.17, 15) is 34.1 Å². The molecule has 4 amide bonds. The van der Waals surface area contributed by atoms with Crippen LogP contribution >= 0.6 is 22.9 Å². The number of anilines is 1. The third kappa shape index (κ3) is 7.68. The molecule has 1 aromatic heterocycles. The van der Waals surface area contributed by atoms with Gasteiger partial charge in [0.1, 0.15) is 30.3 Å². The van der Waals surface area contributed by atoms with E-state index in [-0.39, 0.29) is 29.0 Å². The predicted octanol–water partition coefficient (Wildman–Crippen LogP) is -0.578. The topological polar surface area (TPSA) is 220 Å². The number of ether oxygens (including phenoxy) is 1. The van der Waals surface area contributed by atoms with Gasteiger partial charge in [0.25, 0.3) is 11.6 Å². The maximum Gasteiger partial charge on any atom is 0.347 e. The average Bonchev–Trinajstić information content (AvgIpc) is 3.38. The number of aromatic nitrogens is 1. The first kappa shape index (κ1) is 28.9. The molecule has 3 rings (SSSR count). The van der Waals surface area contributed by atoms with E-state index in [1.807, 2.05) is 0 Å². The molecule has 0 spiro atoms. The quantitative estimate of drug-likeness (QED) is 0.0623. The van der Waals surface area contributed by atoms with Gasteiger partial charge in [0, 0.05) is 24.6 Å². The van der Waals surface area contributed by atoms with Gasteiger partial charge >= 0.3 is 5.97 Å². The number of halogens is 1. The maximum absolute atomic E-state index is 13.0. The van der Waals surface area contributed by atoms with E-state index in [0.29, 0.717) is 5.56 Å². The zero-order valence-electron chi connectivity index (χ0n) is 20.0. The zero-order chi connectivity index (χ0) is 28.5. The number of alkyl halides is 1. The standard InChI is InChI=1S/C21H20ClN7O9S/c1-23-18(32)16-17(20(34)26-16)27-19(33)15(12-9-39-21(24-12)25-13(30)6-22)28-38-8-14(31)37-7-10-2-4-11(5-3-10)29(35)36/h2-5,9,16-17H,6-8H2,1H3,(H,23,32)(H,26,34)(H,27,33)(H,24,25,30)/t16-,17-/m1/s1. The molecule has 0 radical (unpaired) electrons. The Balaban J connectivity index is 1.67. The van der Waals surface area contributed by atoms with Gasteiger partial charge in [0.15, 0.2) is 10.8 Å². The Morgan fingerprint density at radius 1 is 1.26 bits per heavy atom. The largest absolute Gasteiger partial charge is 0.458 e. The van der Waals surface area contributed by atoms with Crippen molar-refractivity contribution in [2.24, 2.45) is 5.16 Å². The maximum atomic E-state index is 13.0. The molecule has 1 aliphatic heterocycles. The van der Waals surface area contributed by atoms with Crippen molar-refractivity contribution in [3.63, 3.8) is 0 Å². The fourth-order valence-corrected chi connectivity index (χ4v) is 3.76. The van der Waals surface area contributed by atoms with Crippen molar-refractivity contribution in [2.45, 2.75) is 18.7 Å². The highest BCUT2D eigenvalue weighted by atomic mass is 35.5. The number of β-lactam (4-membered cyclic amide) rings is 1. The molecule has 4 N–H and O–H groups in total. The molecule has 0 aliphatic carbocycles. The van der Waals surface area contributed by atoms with Crippen LogP contribution in [0, 0.1) is 10.1 Å². The number of benzene rings is 1. The zero-order valence-corrected chi connectivity index (χ0v) is 21.5. The number of nitrogens with one attached hydrogen (secondary N) is 4. The second-order valence-electron chi connectivity index (χ2n) is 7.57. The third-order valence-electron chi connectivity index (χ3n) is 4.94. The number of esters is 1. The number of oxime groups is 1. The van der Waals surface area contributed by atoms with E-state index in [2.05, 4.69) is 31.4 Å². The van der Waals surface area contributed by atoms with Gasteiger partial charge in [-0.3, -0.25) is 29.3 Å². The first-order valence-corrected chi connectivity index (χ1v) is 12.3. The highest BCUT2D eigenvalue weighted by Gasteiger charge is 2.45. The van der Waals surface area contributed by atoms with Crippen LogP contribution in [-0.2, 0) is 40.2 Å². The first-order valence-electron chi connectivity index (χ1n) is 10.9. The molecule has 16 nitrogen and oxygen atoms in total. The Hall–Kier alpha value is -4.64. The summed E-state index contributed by atoms with van der Waals surface area (Å²) in [6, 6.07) is 3.12. The molecule has 1 aliphatic rings. The molecule has 2 heterocycles. The summed E-state index contributed by atoms with van der Waals surface area (Å²) >= 11 is 6.40. The van der Waals surface area contributed by atoms with Gasteiger partial charge in [0.05, 0.1) is 4.92 Å². The number of rotatable bonds is 12. The number of non-ortho nitro benzene ring substituents is 1. The Bertz CT molecular complexity index is 1320. The minimum absolute atomic E-state index is 0.0714. The number of nitrogens with zero attached hydrogens (tertiary/aromatic N) is 3. The lowest BCUT2D eigenvalue weighted by Gasteiger charge is -2.35. The Morgan fingerprint density at radius 2 is 1.97 bits per heavy atom. The number of carbonyl (C=O) groups is 5. The van der Waals surface area contributed by atoms with Crippen LogP contribution < -0.4 is 21.3 Å². The molecule has 2 atom stereocenters. The number of carbonyl (C=O) groups excluding carboxylic acids is 5. The smallest absolute Gasteiger partial charge is 0.347 e. The van der Waals surface area contributed by atoms with Crippen molar-refractivity contribution < 1.29 is 38.5 Å². The van der Waals surface area contributed by atoms with Crippen LogP contribution in [-0.4, -0.2) is 76.8 Å². The Morgan fingerprint density at radius 3 is 2.59 bits per heavy atom. The molecule has 206 valence electrons. The second-order valence-corrected chi connectivity index (χ2v) is 8.69. The van der Waals surface area contributed by atoms with E-state index in [4.69, 9.17) is 21.2 Å². The predicted molar refractivity (Wildman–Crippen MR) is 135 cm³/mol. The van der Waals surface area contributed by atoms with Crippen LogP contribution in [0.25, 0.3) is 0 Å². The minimum atomic E-state index is -1.21. The highest BCUT2D eigenvalue weighted by molar-refractivity contribution is 7.14. The number of likely N-dealkylation sites (N-methyl/N-ethyl adjacent to an activating group) is 1. The fraction of sp³-hybridized carbons (Fsp3) is 0.286. The van der Waals surface area contributed by atoms with Crippen molar-refractivity contribution in [1.82, 2.24) is 20.9 Å². The minimum Gasteiger partial charge on any atom is -0.458 e. The molecular formula is C21H20ClN7O9S. The van der Waals surface area contributed by atoms with Crippen LogP contribution in [0.4, 0.5) is 10.8 Å². The van der Waals surface area contributed by atoms with Gasteiger partial charge in [-0.25, -0.2) is 9.78 Å². The lowest BCUT2D eigenvalue weighted by Crippen LogP contribution is -2.73. The lowest BCUT2D eigenvalue weighted by atomic mass is 9.98. The summed E-state index contributed by atoms with van der Waals surface area (Å²) in [5.41, 5.74) is -0.174. The summed E-state index contributed by atoms with van der Waals surface area (Å²) < 4.78 is 5.02. The third-order valence-corrected chi connectivity index (χ3v) is 5.94. The van der Waals surface area contributed by atoms with E-state index < -0.39 is 58.9 Å². The van der Waals surface area contributed by atoms with Crippen LogP contribution in [0.2, 0.25) is 0 Å². The number of amides is 4. The monoisotopic (exact) mass is 581 g/mol. The summed E-state index contributed by atoms with van der Waals surface area (Å²) in [6.45, 7) is -0.931. The Labute approximate surface area is 228 Å². The van der Waals surface area contributed by atoms with Crippen LogP contribution in [0.15, 0.2) is 34.8 Å². The van der Waals surface area contributed by atoms with Gasteiger partial charge in [-0.1, -0.05) is 5.16 Å². The molecule has 0 unspecified atom stereocenters. The molecular weight excluding hydrogens is 562 g/mol. The second kappa shape index (κ2) is 13.2. The van der Waals surface area contributed by atoms with Gasteiger partial charge in [-0.05, 0) is 17.7 Å². The van der Waals surface area contributed by atoms with Crippen molar-refractivity contribution in [3.8, 4) is 0 Å². The number of thiazole rings is 1. The fourth-order valence-electron chi connectivity index (χ4n) is 2.98. The van der Waals surface area contributed by atoms with Crippen LogP contribution in [0.1, 0.15) is 11.3 Å². The van der Waals surface area contributed by atoms with Crippen molar-refractivity contribution in [3.05, 3.63) is 51.0 Å². The summed E-state index contributed by atoms with van der Waals surface area (Å²) in [4.78, 5) is 79.6. The Kier molecular flexibility index (Phi) is 9.82. The lowest BCUT2D eigenvalue weighted by molar-refractivity contribution is -0.384. The molecule has 39 heavy (non-hydrogen) atoms. The summed E-state index contributed by atoms with van der Waals surface area (Å²) in [7, 11) is 1.36. The van der Waals surface area contributed by atoms with Crippen LogP contribution in [0.3, 0.4) is 0 Å². The molecule has 2 aromatic rings. The van der Waals surface area contributed by atoms with E-state index >= 15 is 0 Å². The highest BCUT2D eigenvalue weighted by Crippen LogP contribution is 2.17. The van der Waals surface area contributed by atoms with Crippen molar-refractivity contribution >= 4 is 69.1 Å². The number of nitro benzene ring substituents is 1. The average molecular weight is 582 g/mol. The van der Waals surface area contributed by atoms with Gasteiger partial charge in [-0.2, -0.15) is 0 Å². The van der Waals surface area contributed by atoms with Crippen molar-refractivity contribution in [2.75, 3.05) is 24.9 Å². The molecule has 0 bridgehead atoms. The summed E-state index contributed by atoms with van der Waals surface area (Å²) in [5, 5.41) is 25.3. The number of hydrogen-bond donors (Lipinski definition) is 4. The molecule has 1 saturated heterocycles. The van der Waals surface area contributed by atoms with Crippen LogP contribution in [0.5, 0.6) is 0 Å². The first-order chi connectivity index (χ1) is 18.6. The van der Waals surface area contributed by atoms with Gasteiger partial charge in [0.2, 0.25) is 24.3 Å². The van der Waals surface area contributed by atoms with E-state index in [1.54, 1.807) is 0 Å². The molecule has 0 saturated carbocycles. The molecule has 18 heteroatoms.